The van der Waals surface area contributed by atoms with Crippen molar-refractivity contribution in [2.45, 2.75) is 24.7 Å². The number of sulfonamides is 1. The average Bonchev–Trinajstić information content (AvgIpc) is 2.73. The van der Waals surface area contributed by atoms with Crippen molar-refractivity contribution in [3.63, 3.8) is 0 Å². The Hall–Kier alpha value is -2.85. The predicted molar refractivity (Wildman–Crippen MR) is 110 cm³/mol. The van der Waals surface area contributed by atoms with E-state index in [9.17, 15) is 18.5 Å². The van der Waals surface area contributed by atoms with Crippen LogP contribution in [0, 0.1) is 16.0 Å². The van der Waals surface area contributed by atoms with Crippen LogP contribution in [0.2, 0.25) is 0 Å². The maximum Gasteiger partial charge on any atom is 0.312 e. The molecule has 0 aliphatic carbocycles. The van der Waals surface area contributed by atoms with Crippen molar-refractivity contribution in [3.05, 3.63) is 46.5 Å². The van der Waals surface area contributed by atoms with Crippen molar-refractivity contribution in [1.29, 1.82) is 0 Å². The highest BCUT2D eigenvalue weighted by molar-refractivity contribution is 7.89. The lowest BCUT2D eigenvalue weighted by atomic mass is 10.0. The highest BCUT2D eigenvalue weighted by Crippen LogP contribution is 2.37. The zero-order chi connectivity index (χ0) is 21.9. The minimum Gasteiger partial charge on any atom is -0.496 e. The first-order valence-corrected chi connectivity index (χ1v) is 10.9. The van der Waals surface area contributed by atoms with Gasteiger partial charge in [0, 0.05) is 37.4 Å². The molecular formula is C20H24N2O7S. The van der Waals surface area contributed by atoms with E-state index in [1.165, 1.54) is 30.7 Å². The van der Waals surface area contributed by atoms with Gasteiger partial charge in [0.15, 0.2) is 0 Å². The molecule has 0 aromatic heterocycles. The number of nitro groups is 1. The number of hydrogen-bond donors (Lipinski definition) is 0. The van der Waals surface area contributed by atoms with Gasteiger partial charge < -0.3 is 14.2 Å². The van der Waals surface area contributed by atoms with Crippen molar-refractivity contribution in [2.24, 2.45) is 5.92 Å². The Morgan fingerprint density at radius 2 is 1.57 bits per heavy atom. The third-order valence-corrected chi connectivity index (χ3v) is 6.95. The SMILES string of the molecule is COc1cc(OC)cc(Oc2ccc(S(=O)(=O)N3CCC(C)CC3)cc2[N+](=O)[O-])c1. The number of hydrogen-bond acceptors (Lipinski definition) is 7. The van der Waals surface area contributed by atoms with E-state index in [0.717, 1.165) is 18.9 Å². The Morgan fingerprint density at radius 3 is 2.10 bits per heavy atom. The predicted octanol–water partition coefficient (Wildman–Crippen LogP) is 3.82. The molecule has 0 N–H and O–H groups in total. The molecule has 9 nitrogen and oxygen atoms in total. The van der Waals surface area contributed by atoms with Gasteiger partial charge in [-0.25, -0.2) is 8.42 Å². The highest BCUT2D eigenvalue weighted by Gasteiger charge is 2.30. The molecule has 0 radical (unpaired) electrons. The average molecular weight is 436 g/mol. The molecule has 1 heterocycles. The normalized spacial score (nSPS) is 15.6. The van der Waals surface area contributed by atoms with Gasteiger partial charge in [-0.05, 0) is 30.9 Å². The maximum absolute atomic E-state index is 12.9. The Labute approximate surface area is 175 Å². The molecule has 30 heavy (non-hydrogen) atoms. The summed E-state index contributed by atoms with van der Waals surface area (Å²) in [5, 5.41) is 11.6. The highest BCUT2D eigenvalue weighted by atomic mass is 32.2. The first kappa shape index (κ1) is 21.8. The van der Waals surface area contributed by atoms with E-state index in [1.54, 1.807) is 18.2 Å². The van der Waals surface area contributed by atoms with E-state index in [4.69, 9.17) is 14.2 Å². The molecule has 0 atom stereocenters. The lowest BCUT2D eigenvalue weighted by Crippen LogP contribution is -2.37. The van der Waals surface area contributed by atoms with Crippen LogP contribution < -0.4 is 14.2 Å². The van der Waals surface area contributed by atoms with Crippen LogP contribution in [-0.4, -0.2) is 45.0 Å². The summed E-state index contributed by atoms with van der Waals surface area (Å²) in [7, 11) is -0.871. The van der Waals surface area contributed by atoms with E-state index < -0.39 is 20.6 Å². The smallest absolute Gasteiger partial charge is 0.312 e. The molecule has 10 heteroatoms. The molecule has 0 amide bonds. The first-order valence-electron chi connectivity index (χ1n) is 9.44. The summed E-state index contributed by atoms with van der Waals surface area (Å²) in [6.07, 6.45) is 1.53. The summed E-state index contributed by atoms with van der Waals surface area (Å²) in [5.41, 5.74) is -0.441. The molecule has 3 rings (SSSR count). The van der Waals surface area contributed by atoms with E-state index in [-0.39, 0.29) is 16.4 Å². The summed E-state index contributed by atoms with van der Waals surface area (Å²) in [6.45, 7) is 2.88. The fourth-order valence-electron chi connectivity index (χ4n) is 3.23. The molecule has 0 bridgehead atoms. The van der Waals surface area contributed by atoms with Crippen molar-refractivity contribution in [2.75, 3.05) is 27.3 Å². The van der Waals surface area contributed by atoms with E-state index in [0.29, 0.717) is 30.5 Å². The number of ether oxygens (including phenoxy) is 3. The largest absolute Gasteiger partial charge is 0.496 e. The summed E-state index contributed by atoms with van der Waals surface area (Å²) in [6, 6.07) is 8.39. The fourth-order valence-corrected chi connectivity index (χ4v) is 4.72. The van der Waals surface area contributed by atoms with Gasteiger partial charge in [-0.2, -0.15) is 4.31 Å². The Morgan fingerprint density at radius 1 is 1.00 bits per heavy atom. The standard InChI is InChI=1S/C20H24N2O7S/c1-14-6-8-21(9-7-14)30(25,26)18-4-5-20(19(13-18)22(23)24)29-17-11-15(27-2)10-16(12-17)28-3/h4-5,10-14H,6-9H2,1-3H3. The van der Waals surface area contributed by atoms with Crippen molar-refractivity contribution in [3.8, 4) is 23.0 Å². The number of nitro benzene ring substituents is 1. The van der Waals surface area contributed by atoms with Crippen LogP contribution >= 0.6 is 0 Å². The van der Waals surface area contributed by atoms with Gasteiger partial charge in [0.05, 0.1) is 24.0 Å². The van der Waals surface area contributed by atoms with E-state index in [2.05, 4.69) is 6.92 Å². The summed E-state index contributed by atoms with van der Waals surface area (Å²) < 4.78 is 43.3. The third kappa shape index (κ3) is 4.65. The van der Waals surface area contributed by atoms with Crippen molar-refractivity contribution >= 4 is 15.7 Å². The lowest BCUT2D eigenvalue weighted by molar-refractivity contribution is -0.385. The van der Waals surface area contributed by atoms with Gasteiger partial charge in [0.2, 0.25) is 15.8 Å². The van der Waals surface area contributed by atoms with Gasteiger partial charge in [-0.1, -0.05) is 6.92 Å². The zero-order valence-corrected chi connectivity index (χ0v) is 17.8. The van der Waals surface area contributed by atoms with E-state index in [1.807, 2.05) is 0 Å². The maximum atomic E-state index is 12.9. The Bertz CT molecular complexity index is 1010. The Balaban J connectivity index is 1.94. The molecule has 0 spiro atoms. The molecule has 0 saturated carbocycles. The van der Waals surface area contributed by atoms with Crippen LogP contribution in [0.1, 0.15) is 19.8 Å². The molecule has 1 aliphatic heterocycles. The monoisotopic (exact) mass is 436 g/mol. The minimum absolute atomic E-state index is 0.0819. The zero-order valence-electron chi connectivity index (χ0n) is 17.0. The number of piperidine rings is 1. The van der Waals surface area contributed by atoms with Gasteiger partial charge in [-0.15, -0.1) is 0 Å². The van der Waals surface area contributed by atoms with Crippen LogP contribution in [0.25, 0.3) is 0 Å². The van der Waals surface area contributed by atoms with Crippen molar-refractivity contribution < 1.29 is 27.6 Å². The van der Waals surface area contributed by atoms with Crippen LogP contribution in [-0.2, 0) is 10.0 Å². The number of benzene rings is 2. The Kier molecular flexibility index (Phi) is 6.47. The van der Waals surface area contributed by atoms with Gasteiger partial charge in [0.1, 0.15) is 17.2 Å². The summed E-state index contributed by atoms with van der Waals surface area (Å²) in [5.74, 6) is 1.54. The van der Waals surface area contributed by atoms with E-state index >= 15 is 0 Å². The molecule has 1 fully saturated rings. The topological polar surface area (TPSA) is 108 Å². The molecule has 2 aromatic rings. The quantitative estimate of drug-likeness (QED) is 0.479. The van der Waals surface area contributed by atoms with Crippen LogP contribution in [0.4, 0.5) is 5.69 Å². The van der Waals surface area contributed by atoms with Crippen molar-refractivity contribution in [1.82, 2.24) is 4.31 Å². The second-order valence-corrected chi connectivity index (χ2v) is 9.06. The van der Waals surface area contributed by atoms with Gasteiger partial charge in [0.25, 0.3) is 0 Å². The number of rotatable bonds is 7. The van der Waals surface area contributed by atoms with Gasteiger partial charge in [-0.3, -0.25) is 10.1 Å². The summed E-state index contributed by atoms with van der Waals surface area (Å²) >= 11 is 0. The van der Waals surface area contributed by atoms with Crippen LogP contribution in [0.3, 0.4) is 0 Å². The van der Waals surface area contributed by atoms with Crippen LogP contribution in [0.15, 0.2) is 41.3 Å². The molecule has 2 aromatic carbocycles. The molecule has 1 aliphatic rings. The molecule has 0 unspecified atom stereocenters. The number of nitrogens with zero attached hydrogens (tertiary/aromatic N) is 2. The number of methoxy groups -OCH3 is 2. The third-order valence-electron chi connectivity index (χ3n) is 5.06. The van der Waals surface area contributed by atoms with Gasteiger partial charge >= 0.3 is 5.69 Å². The molecule has 162 valence electrons. The summed E-state index contributed by atoms with van der Waals surface area (Å²) in [4.78, 5) is 10.8. The minimum atomic E-state index is -3.82. The second kappa shape index (κ2) is 8.88. The first-order chi connectivity index (χ1) is 14.2. The fraction of sp³-hybridized carbons (Fsp3) is 0.400. The molecule has 1 saturated heterocycles. The lowest BCUT2D eigenvalue weighted by Gasteiger charge is -2.29. The second-order valence-electron chi connectivity index (χ2n) is 7.12. The van der Waals surface area contributed by atoms with Crippen LogP contribution in [0.5, 0.6) is 23.0 Å². The molecular weight excluding hydrogens is 412 g/mol.